The van der Waals surface area contributed by atoms with Gasteiger partial charge in [-0.25, -0.2) is 33.3 Å². The topological polar surface area (TPSA) is 166 Å². The third-order valence-corrected chi connectivity index (χ3v) is 7.36. The summed E-state index contributed by atoms with van der Waals surface area (Å²) in [6, 6.07) is 0. The quantitative estimate of drug-likeness (QED) is 0.445. The van der Waals surface area contributed by atoms with E-state index in [2.05, 4.69) is 24.8 Å². The van der Waals surface area contributed by atoms with E-state index in [4.69, 9.17) is 15.5 Å². The number of rotatable bonds is 5. The van der Waals surface area contributed by atoms with E-state index >= 15 is 0 Å². The summed E-state index contributed by atoms with van der Waals surface area (Å²) in [6.07, 6.45) is 5.87. The molecular formula is C20H26N10O4S. The van der Waals surface area contributed by atoms with E-state index in [0.29, 0.717) is 67.8 Å². The summed E-state index contributed by atoms with van der Waals surface area (Å²) in [6.45, 7) is 3.70. The highest BCUT2D eigenvalue weighted by Crippen LogP contribution is 2.27. The van der Waals surface area contributed by atoms with Crippen molar-refractivity contribution in [2.45, 2.75) is 6.54 Å². The summed E-state index contributed by atoms with van der Waals surface area (Å²) in [5.41, 5.74) is 7.31. The number of imidazole rings is 1. The molecule has 0 spiro atoms. The molecule has 1 amide bonds. The molecule has 2 N–H and O–H groups in total. The third-order valence-electron chi connectivity index (χ3n) is 6.05. The van der Waals surface area contributed by atoms with Crippen LogP contribution in [0.3, 0.4) is 0 Å². The molecule has 35 heavy (non-hydrogen) atoms. The van der Waals surface area contributed by atoms with Crippen molar-refractivity contribution >= 4 is 38.9 Å². The molecule has 186 valence electrons. The van der Waals surface area contributed by atoms with E-state index in [9.17, 15) is 13.2 Å². The van der Waals surface area contributed by atoms with Gasteiger partial charge in [0.25, 0.3) is 0 Å². The molecule has 0 radical (unpaired) electrons. The summed E-state index contributed by atoms with van der Waals surface area (Å²) in [5, 5.41) is 0. The number of nitrogen functional groups attached to an aromatic ring is 1. The Morgan fingerprint density at radius 3 is 2.37 bits per heavy atom. The average molecular weight is 503 g/mol. The van der Waals surface area contributed by atoms with Crippen LogP contribution in [0.1, 0.15) is 0 Å². The van der Waals surface area contributed by atoms with Gasteiger partial charge in [-0.1, -0.05) is 0 Å². The van der Waals surface area contributed by atoms with E-state index in [0.717, 1.165) is 0 Å². The number of fused-ring (bicyclic) bond motifs is 1. The van der Waals surface area contributed by atoms with Crippen LogP contribution in [0.5, 0.6) is 0 Å². The number of morpholine rings is 1. The Morgan fingerprint density at radius 2 is 1.71 bits per heavy atom. The minimum atomic E-state index is -3.27. The van der Waals surface area contributed by atoms with Gasteiger partial charge in [0.05, 0.1) is 31.4 Å². The Hall–Kier alpha value is -3.43. The van der Waals surface area contributed by atoms with Gasteiger partial charge in [-0.3, -0.25) is 4.79 Å². The van der Waals surface area contributed by atoms with Crippen LogP contribution < -0.4 is 10.6 Å². The number of nitrogens with two attached hydrogens (primary N) is 1. The fourth-order valence-corrected chi connectivity index (χ4v) is 4.96. The van der Waals surface area contributed by atoms with Crippen LogP contribution in [0.15, 0.2) is 18.7 Å². The maximum Gasteiger partial charge on any atom is 0.242 e. The molecule has 0 saturated carbocycles. The molecule has 5 rings (SSSR count). The summed E-state index contributed by atoms with van der Waals surface area (Å²) in [7, 11) is -3.27. The van der Waals surface area contributed by atoms with Gasteiger partial charge in [0, 0.05) is 51.7 Å². The molecule has 14 nitrogen and oxygen atoms in total. The second kappa shape index (κ2) is 9.31. The molecule has 0 aliphatic carbocycles. The monoisotopic (exact) mass is 502 g/mol. The van der Waals surface area contributed by atoms with Crippen LogP contribution >= 0.6 is 0 Å². The van der Waals surface area contributed by atoms with Crippen LogP contribution in [0.25, 0.3) is 22.6 Å². The van der Waals surface area contributed by atoms with Gasteiger partial charge in [0.2, 0.25) is 21.9 Å². The Morgan fingerprint density at radius 1 is 1.03 bits per heavy atom. The molecule has 3 aromatic heterocycles. The molecule has 2 fully saturated rings. The zero-order chi connectivity index (χ0) is 24.6. The van der Waals surface area contributed by atoms with E-state index in [-0.39, 0.29) is 31.5 Å². The van der Waals surface area contributed by atoms with Gasteiger partial charge in [0.1, 0.15) is 6.54 Å². The Labute approximate surface area is 201 Å². The highest BCUT2D eigenvalue weighted by molar-refractivity contribution is 7.88. The van der Waals surface area contributed by atoms with Crippen molar-refractivity contribution in [1.82, 2.24) is 38.7 Å². The smallest absolute Gasteiger partial charge is 0.242 e. The lowest BCUT2D eigenvalue weighted by Gasteiger charge is -2.33. The van der Waals surface area contributed by atoms with Crippen LogP contribution in [0.2, 0.25) is 0 Å². The van der Waals surface area contributed by atoms with Crippen molar-refractivity contribution in [3.8, 4) is 11.4 Å². The van der Waals surface area contributed by atoms with Crippen LogP contribution in [0.4, 0.5) is 11.8 Å². The van der Waals surface area contributed by atoms with Crippen molar-refractivity contribution in [2.75, 3.05) is 69.4 Å². The number of amides is 1. The molecule has 2 aliphatic rings. The highest BCUT2D eigenvalue weighted by atomic mass is 32.2. The van der Waals surface area contributed by atoms with Crippen molar-refractivity contribution in [2.24, 2.45) is 0 Å². The number of carbonyl (C=O) groups is 1. The lowest BCUT2D eigenvalue weighted by molar-refractivity contribution is -0.132. The molecule has 5 heterocycles. The second-order valence-corrected chi connectivity index (χ2v) is 10.4. The SMILES string of the molecule is CS(=O)(=O)N1CCN(C(=O)Cn2cnc3c(N4CCOCC4)nc(-c4cnc(N)nc4)nc32)CC1. The van der Waals surface area contributed by atoms with Crippen molar-refractivity contribution in [3.05, 3.63) is 18.7 Å². The van der Waals surface area contributed by atoms with E-state index in [1.807, 2.05) is 0 Å². The zero-order valence-electron chi connectivity index (χ0n) is 19.2. The van der Waals surface area contributed by atoms with E-state index < -0.39 is 10.0 Å². The number of aromatic nitrogens is 6. The minimum absolute atomic E-state index is 0.0205. The number of sulfonamides is 1. The fourth-order valence-electron chi connectivity index (χ4n) is 4.14. The highest BCUT2D eigenvalue weighted by Gasteiger charge is 2.27. The summed E-state index contributed by atoms with van der Waals surface area (Å²) in [4.78, 5) is 38.8. The number of hydrogen-bond donors (Lipinski definition) is 1. The van der Waals surface area contributed by atoms with Gasteiger partial charge < -0.3 is 24.8 Å². The molecule has 2 saturated heterocycles. The first-order valence-corrected chi connectivity index (χ1v) is 13.0. The molecular weight excluding hydrogens is 476 g/mol. The molecule has 2 aliphatic heterocycles. The largest absolute Gasteiger partial charge is 0.378 e. The van der Waals surface area contributed by atoms with Gasteiger partial charge in [-0.2, -0.15) is 4.31 Å². The summed E-state index contributed by atoms with van der Waals surface area (Å²) < 4.78 is 32.1. The zero-order valence-corrected chi connectivity index (χ0v) is 20.1. The first-order valence-electron chi connectivity index (χ1n) is 11.2. The third kappa shape index (κ3) is 4.87. The molecule has 15 heteroatoms. The first-order chi connectivity index (χ1) is 16.8. The normalized spacial score (nSPS) is 17.7. The maximum absolute atomic E-state index is 13.0. The van der Waals surface area contributed by atoms with Gasteiger partial charge in [-0.15, -0.1) is 0 Å². The molecule has 0 atom stereocenters. The Balaban J connectivity index is 1.45. The molecule has 0 bridgehead atoms. The van der Waals surface area contributed by atoms with Crippen LogP contribution in [-0.4, -0.2) is 112 Å². The Bertz CT molecular complexity index is 1330. The van der Waals surface area contributed by atoms with Crippen molar-refractivity contribution in [1.29, 1.82) is 0 Å². The van der Waals surface area contributed by atoms with Crippen molar-refractivity contribution in [3.63, 3.8) is 0 Å². The average Bonchev–Trinajstić information content (AvgIpc) is 3.26. The predicted octanol–water partition coefficient (Wildman–Crippen LogP) is -1.19. The van der Waals surface area contributed by atoms with E-state index in [1.54, 1.807) is 28.2 Å². The van der Waals surface area contributed by atoms with Gasteiger partial charge >= 0.3 is 0 Å². The second-order valence-electron chi connectivity index (χ2n) is 8.39. The number of nitrogens with zero attached hydrogens (tertiary/aromatic N) is 9. The lowest BCUT2D eigenvalue weighted by atomic mass is 10.3. The number of hydrogen-bond acceptors (Lipinski definition) is 11. The Kier molecular flexibility index (Phi) is 6.21. The summed E-state index contributed by atoms with van der Waals surface area (Å²) in [5.74, 6) is 1.06. The van der Waals surface area contributed by atoms with Gasteiger partial charge in [0.15, 0.2) is 22.8 Å². The standard InChI is InChI=1S/C20H26N10O4S/c1-35(32,33)30-4-2-27(3-5-30)15(31)12-29-13-24-16-18(28-6-8-34-9-7-28)25-17(26-19(16)29)14-10-22-20(21)23-11-14/h10-11,13H,2-9,12H2,1H3,(H2,21,22,23). The molecule has 3 aromatic rings. The minimum Gasteiger partial charge on any atom is -0.378 e. The number of anilines is 2. The maximum atomic E-state index is 13.0. The number of carbonyl (C=O) groups excluding carboxylic acids is 1. The fraction of sp³-hybridized carbons (Fsp3) is 0.500. The van der Waals surface area contributed by atoms with Crippen LogP contribution in [-0.2, 0) is 26.1 Å². The van der Waals surface area contributed by atoms with Gasteiger partial charge in [-0.05, 0) is 0 Å². The van der Waals surface area contributed by atoms with Crippen LogP contribution in [0, 0.1) is 0 Å². The van der Waals surface area contributed by atoms with E-state index in [1.165, 1.54) is 10.6 Å². The van der Waals surface area contributed by atoms with Crippen molar-refractivity contribution < 1.29 is 17.9 Å². The predicted molar refractivity (Wildman–Crippen MR) is 127 cm³/mol. The lowest BCUT2D eigenvalue weighted by Crippen LogP contribution is -2.50. The number of ether oxygens (including phenoxy) is 1. The number of piperazine rings is 1. The molecule has 0 aromatic carbocycles. The summed E-state index contributed by atoms with van der Waals surface area (Å²) >= 11 is 0. The first kappa shape index (κ1) is 23.3. The molecule has 0 unspecified atom stereocenters.